The molecule has 2 N–H and O–H groups in total. The number of benzene rings is 1. The molecule has 2 rings (SSSR count). The number of nitrogens with zero attached hydrogens (tertiary/aromatic N) is 2. The minimum absolute atomic E-state index is 0.0781. The Morgan fingerprint density at radius 1 is 1.40 bits per heavy atom. The van der Waals surface area contributed by atoms with Gasteiger partial charge in [-0.05, 0) is 17.8 Å². The van der Waals surface area contributed by atoms with Crippen LogP contribution in [-0.4, -0.2) is 26.0 Å². The second kappa shape index (κ2) is 5.53. The number of carboxylic acid groups (broad SMARTS) is 1. The van der Waals surface area contributed by atoms with Crippen molar-refractivity contribution in [2.24, 2.45) is 0 Å². The number of carbonyl (C=O) groups is 1. The molecule has 1 heterocycles. The molecule has 8 nitrogen and oxygen atoms in total. The number of hydrogen-bond donors (Lipinski definition) is 2. The van der Waals surface area contributed by atoms with Gasteiger partial charge in [0.05, 0.1) is 10.5 Å². The van der Waals surface area contributed by atoms with E-state index in [-0.39, 0.29) is 21.3 Å². The molecule has 0 saturated carbocycles. The van der Waals surface area contributed by atoms with Crippen LogP contribution in [0.2, 0.25) is 0 Å². The lowest BCUT2D eigenvalue weighted by Crippen LogP contribution is -2.07. The third-order valence-corrected chi connectivity index (χ3v) is 3.30. The Bertz CT molecular complexity index is 711. The molecule has 0 saturated heterocycles. The summed E-state index contributed by atoms with van der Waals surface area (Å²) in [5, 5.41) is 20.1. The van der Waals surface area contributed by atoms with Crippen molar-refractivity contribution in [2.45, 2.75) is 10.1 Å². The minimum Gasteiger partial charge on any atom is -0.478 e. The number of hydrogen-bond acceptors (Lipinski definition) is 6. The Labute approximate surface area is 115 Å². The first-order valence-corrected chi connectivity index (χ1v) is 6.04. The quantitative estimate of drug-likeness (QED) is 0.497. The van der Waals surface area contributed by atoms with Crippen LogP contribution in [0.1, 0.15) is 10.4 Å². The second-order valence-corrected chi connectivity index (χ2v) is 4.56. The number of nitro groups is 1. The molecule has 0 amide bonds. The maximum atomic E-state index is 11.2. The summed E-state index contributed by atoms with van der Waals surface area (Å²) in [4.78, 5) is 38.7. The molecular weight excluding hydrogens is 286 g/mol. The fourth-order valence-electron chi connectivity index (χ4n) is 1.44. The molecule has 20 heavy (non-hydrogen) atoms. The van der Waals surface area contributed by atoms with Crippen molar-refractivity contribution in [3.63, 3.8) is 0 Å². The van der Waals surface area contributed by atoms with Gasteiger partial charge < -0.3 is 10.1 Å². The highest BCUT2D eigenvalue weighted by Gasteiger charge is 2.22. The Morgan fingerprint density at radius 2 is 2.15 bits per heavy atom. The van der Waals surface area contributed by atoms with Gasteiger partial charge in [-0.15, -0.1) is 0 Å². The highest BCUT2D eigenvalue weighted by atomic mass is 32.2. The van der Waals surface area contributed by atoms with Crippen LogP contribution in [0.15, 0.2) is 45.3 Å². The molecular formula is C11H7N3O5S. The Kier molecular flexibility index (Phi) is 3.80. The Morgan fingerprint density at radius 3 is 2.75 bits per heavy atom. The number of nitrogens with one attached hydrogen (secondary N) is 1. The van der Waals surface area contributed by atoms with Gasteiger partial charge in [0.25, 0.3) is 11.2 Å². The van der Waals surface area contributed by atoms with Gasteiger partial charge in [0.15, 0.2) is 5.16 Å². The van der Waals surface area contributed by atoms with Crippen molar-refractivity contribution >= 4 is 23.4 Å². The number of nitro benzene ring substituents is 1. The number of aromatic carboxylic acids is 1. The summed E-state index contributed by atoms with van der Waals surface area (Å²) < 4.78 is 0. The zero-order chi connectivity index (χ0) is 14.7. The van der Waals surface area contributed by atoms with Crippen LogP contribution in [-0.2, 0) is 0 Å². The van der Waals surface area contributed by atoms with Crippen LogP contribution in [0.3, 0.4) is 0 Å². The molecule has 102 valence electrons. The summed E-state index contributed by atoms with van der Waals surface area (Å²) >= 11 is 0.722. The van der Waals surface area contributed by atoms with Gasteiger partial charge >= 0.3 is 5.97 Å². The third kappa shape index (κ3) is 2.83. The van der Waals surface area contributed by atoms with E-state index in [0.717, 1.165) is 11.8 Å². The lowest BCUT2D eigenvalue weighted by molar-refractivity contribution is -0.387. The first-order valence-electron chi connectivity index (χ1n) is 5.23. The summed E-state index contributed by atoms with van der Waals surface area (Å²) in [5.41, 5.74) is -1.02. The van der Waals surface area contributed by atoms with Crippen LogP contribution in [0.4, 0.5) is 5.69 Å². The average molecular weight is 293 g/mol. The molecule has 1 aromatic carbocycles. The largest absolute Gasteiger partial charge is 0.478 e. The van der Waals surface area contributed by atoms with Crippen molar-refractivity contribution in [2.75, 3.05) is 0 Å². The molecule has 0 radical (unpaired) electrons. The smallest absolute Gasteiger partial charge is 0.337 e. The molecule has 0 fully saturated rings. The van der Waals surface area contributed by atoms with Crippen LogP contribution in [0, 0.1) is 10.1 Å². The molecule has 2 aromatic rings. The topological polar surface area (TPSA) is 126 Å². The molecule has 0 aliphatic carbocycles. The summed E-state index contributed by atoms with van der Waals surface area (Å²) in [6, 6.07) is 4.91. The van der Waals surface area contributed by atoms with Gasteiger partial charge in [-0.25, -0.2) is 9.78 Å². The highest BCUT2D eigenvalue weighted by Crippen LogP contribution is 2.35. The number of carboxylic acids is 1. The fraction of sp³-hybridized carbons (Fsp3) is 0. The van der Waals surface area contributed by atoms with E-state index in [9.17, 15) is 19.7 Å². The van der Waals surface area contributed by atoms with Crippen molar-refractivity contribution in [3.05, 3.63) is 56.5 Å². The van der Waals surface area contributed by atoms with E-state index in [1.54, 1.807) is 0 Å². The van der Waals surface area contributed by atoms with Crippen LogP contribution >= 0.6 is 11.8 Å². The predicted octanol–water partition coefficient (Wildman–Crippen LogP) is 1.53. The molecule has 0 spiro atoms. The molecule has 0 aliphatic rings. The summed E-state index contributed by atoms with van der Waals surface area (Å²) in [5.74, 6) is -1.30. The average Bonchev–Trinajstić information content (AvgIpc) is 2.38. The van der Waals surface area contributed by atoms with Crippen molar-refractivity contribution in [3.8, 4) is 0 Å². The predicted molar refractivity (Wildman–Crippen MR) is 69.0 cm³/mol. The monoisotopic (exact) mass is 293 g/mol. The highest BCUT2D eigenvalue weighted by molar-refractivity contribution is 7.99. The summed E-state index contributed by atoms with van der Waals surface area (Å²) in [7, 11) is 0. The van der Waals surface area contributed by atoms with Crippen molar-refractivity contribution < 1.29 is 14.8 Å². The van der Waals surface area contributed by atoms with Gasteiger partial charge in [0.2, 0.25) is 0 Å². The van der Waals surface area contributed by atoms with E-state index in [2.05, 4.69) is 9.97 Å². The van der Waals surface area contributed by atoms with E-state index < -0.39 is 16.5 Å². The standard InChI is InChI=1S/C11H7N3O5S/c15-8-4-5-12-11(13-8)20-9-6(10(16)17)2-1-3-7(9)14(18)19/h1-5H,(H,16,17)(H,12,13,15). The molecule has 0 bridgehead atoms. The van der Waals surface area contributed by atoms with Gasteiger partial charge in [0.1, 0.15) is 4.90 Å². The summed E-state index contributed by atoms with van der Waals surface area (Å²) in [6.45, 7) is 0. The molecule has 9 heteroatoms. The van der Waals surface area contributed by atoms with Gasteiger partial charge in [-0.2, -0.15) is 0 Å². The number of rotatable bonds is 4. The maximum absolute atomic E-state index is 11.2. The van der Waals surface area contributed by atoms with Crippen molar-refractivity contribution in [1.29, 1.82) is 0 Å². The molecule has 0 unspecified atom stereocenters. The zero-order valence-corrected chi connectivity index (χ0v) is 10.6. The van der Waals surface area contributed by atoms with Gasteiger partial charge in [-0.3, -0.25) is 14.9 Å². The van der Waals surface area contributed by atoms with Gasteiger partial charge in [0, 0.05) is 18.3 Å². The Hall–Kier alpha value is -2.68. The van der Waals surface area contributed by atoms with E-state index in [0.29, 0.717) is 0 Å². The van der Waals surface area contributed by atoms with Gasteiger partial charge in [-0.1, -0.05) is 6.07 Å². The molecule has 0 aliphatic heterocycles. The Balaban J connectivity index is 2.56. The molecule has 1 aromatic heterocycles. The van der Waals surface area contributed by atoms with Crippen LogP contribution in [0.25, 0.3) is 0 Å². The van der Waals surface area contributed by atoms with E-state index in [1.807, 2.05) is 0 Å². The maximum Gasteiger partial charge on any atom is 0.337 e. The fourth-order valence-corrected chi connectivity index (χ4v) is 2.42. The van der Waals surface area contributed by atoms with Crippen LogP contribution < -0.4 is 5.56 Å². The lowest BCUT2D eigenvalue weighted by atomic mass is 10.2. The lowest BCUT2D eigenvalue weighted by Gasteiger charge is -2.05. The van der Waals surface area contributed by atoms with Crippen molar-refractivity contribution in [1.82, 2.24) is 9.97 Å². The first-order chi connectivity index (χ1) is 9.49. The first kappa shape index (κ1) is 13.7. The zero-order valence-electron chi connectivity index (χ0n) is 9.77. The molecule has 0 atom stereocenters. The third-order valence-electron chi connectivity index (χ3n) is 2.27. The van der Waals surface area contributed by atoms with Crippen LogP contribution in [0.5, 0.6) is 0 Å². The SMILES string of the molecule is O=C(O)c1cccc([N+](=O)[O-])c1Sc1nccc(=O)[nH]1. The van der Waals surface area contributed by atoms with E-state index >= 15 is 0 Å². The van der Waals surface area contributed by atoms with E-state index in [4.69, 9.17) is 5.11 Å². The minimum atomic E-state index is -1.30. The number of aromatic nitrogens is 2. The number of aromatic amines is 1. The second-order valence-electron chi connectivity index (χ2n) is 3.56. The van der Waals surface area contributed by atoms with E-state index in [1.165, 1.54) is 30.5 Å². The normalized spacial score (nSPS) is 10.2. The number of H-pyrrole nitrogens is 1. The summed E-state index contributed by atoms with van der Waals surface area (Å²) in [6.07, 6.45) is 1.23.